The number of likely N-dealkylation sites (N-methyl/N-ethyl adjacent to an activating group) is 1. The fourth-order valence-electron chi connectivity index (χ4n) is 2.54. The van der Waals surface area contributed by atoms with E-state index < -0.39 is 5.54 Å². The number of hydrogen-bond acceptors (Lipinski definition) is 6. The molecule has 7 heteroatoms. The summed E-state index contributed by atoms with van der Waals surface area (Å²) in [6.45, 7) is 6.66. The minimum absolute atomic E-state index is 0.0757. The number of amides is 1. The molecule has 1 aromatic heterocycles. The highest BCUT2D eigenvalue weighted by molar-refractivity contribution is 5.77. The Bertz CT molecular complexity index is 500. The van der Waals surface area contributed by atoms with Gasteiger partial charge in [0, 0.05) is 25.5 Å². The van der Waals surface area contributed by atoms with E-state index in [9.17, 15) is 4.79 Å². The van der Waals surface area contributed by atoms with E-state index in [1.807, 2.05) is 20.8 Å². The van der Waals surface area contributed by atoms with Crippen molar-refractivity contribution in [2.24, 2.45) is 11.1 Å². The minimum atomic E-state index is -0.708. The molecule has 1 aromatic rings. The zero-order chi connectivity index (χ0) is 15.0. The molecule has 0 bridgehead atoms. The van der Waals surface area contributed by atoms with Gasteiger partial charge in [-0.3, -0.25) is 4.79 Å². The lowest BCUT2D eigenvalue weighted by atomic mass is 9.54. The van der Waals surface area contributed by atoms with Crippen LogP contribution in [0.15, 0.2) is 4.52 Å². The van der Waals surface area contributed by atoms with Crippen molar-refractivity contribution in [3.63, 3.8) is 0 Å². The molecule has 112 valence electrons. The number of carbonyl (C=O) groups excluding carboxylic acids is 1. The van der Waals surface area contributed by atoms with E-state index in [1.54, 1.807) is 7.05 Å². The maximum absolute atomic E-state index is 11.3. The van der Waals surface area contributed by atoms with Gasteiger partial charge in [-0.25, -0.2) is 0 Å². The summed E-state index contributed by atoms with van der Waals surface area (Å²) in [6, 6.07) is 0. The molecule has 0 spiro atoms. The highest BCUT2D eigenvalue weighted by Crippen LogP contribution is 2.54. The second-order valence-corrected chi connectivity index (χ2v) is 5.71. The van der Waals surface area contributed by atoms with Gasteiger partial charge < -0.3 is 20.3 Å². The van der Waals surface area contributed by atoms with Gasteiger partial charge in [-0.1, -0.05) is 19.0 Å². The van der Waals surface area contributed by atoms with Crippen molar-refractivity contribution in [1.29, 1.82) is 0 Å². The van der Waals surface area contributed by atoms with E-state index in [1.165, 1.54) is 0 Å². The Balaban J connectivity index is 2.14. The molecular formula is C13H22N4O3. The number of nitrogens with one attached hydrogen (secondary N) is 1. The molecule has 0 aliphatic heterocycles. The van der Waals surface area contributed by atoms with Crippen molar-refractivity contribution < 1.29 is 14.1 Å². The Labute approximate surface area is 118 Å². The molecule has 1 amide bonds. The molecule has 1 fully saturated rings. The fraction of sp³-hybridized carbons (Fsp3) is 0.769. The number of ether oxygens (including phenoxy) is 1. The Hall–Kier alpha value is -1.47. The summed E-state index contributed by atoms with van der Waals surface area (Å²) in [5.74, 6) is 0.556. The van der Waals surface area contributed by atoms with Gasteiger partial charge in [-0.15, -0.1) is 0 Å². The lowest BCUT2D eigenvalue weighted by Crippen LogP contribution is -2.67. The third-order valence-electron chi connectivity index (χ3n) is 4.28. The normalized spacial score (nSPS) is 27.9. The Morgan fingerprint density at radius 3 is 2.85 bits per heavy atom. The van der Waals surface area contributed by atoms with Gasteiger partial charge in [0.2, 0.25) is 11.8 Å². The molecule has 1 aliphatic carbocycles. The van der Waals surface area contributed by atoms with Gasteiger partial charge in [-0.2, -0.15) is 4.98 Å². The molecule has 3 N–H and O–H groups in total. The quantitative estimate of drug-likeness (QED) is 0.807. The summed E-state index contributed by atoms with van der Waals surface area (Å²) in [5.41, 5.74) is 5.42. The van der Waals surface area contributed by atoms with Crippen LogP contribution in [0.3, 0.4) is 0 Å². The fourth-order valence-corrected chi connectivity index (χ4v) is 2.54. The van der Waals surface area contributed by atoms with Crippen molar-refractivity contribution in [2.75, 3.05) is 13.7 Å². The highest BCUT2D eigenvalue weighted by atomic mass is 16.5. The van der Waals surface area contributed by atoms with Crippen LogP contribution in [-0.2, 0) is 21.5 Å². The SMILES string of the molecule is CCOC1CC(N)(c2nc(CC(=O)NC)no2)C1(C)C. The van der Waals surface area contributed by atoms with E-state index in [0.717, 1.165) is 0 Å². The summed E-state index contributed by atoms with van der Waals surface area (Å²) >= 11 is 0. The molecule has 2 rings (SSSR count). The van der Waals surface area contributed by atoms with E-state index in [0.29, 0.717) is 24.7 Å². The van der Waals surface area contributed by atoms with E-state index in [-0.39, 0.29) is 23.8 Å². The van der Waals surface area contributed by atoms with Gasteiger partial charge in [-0.05, 0) is 6.92 Å². The van der Waals surface area contributed by atoms with Crippen LogP contribution < -0.4 is 11.1 Å². The summed E-state index contributed by atoms with van der Waals surface area (Å²) in [6.07, 6.45) is 0.799. The van der Waals surface area contributed by atoms with Gasteiger partial charge in [0.1, 0.15) is 5.54 Å². The molecule has 7 nitrogen and oxygen atoms in total. The van der Waals surface area contributed by atoms with Crippen LogP contribution in [0.2, 0.25) is 0 Å². The summed E-state index contributed by atoms with van der Waals surface area (Å²) in [5, 5.41) is 6.34. The predicted octanol–water partition coefficient (Wildman–Crippen LogP) is 0.347. The minimum Gasteiger partial charge on any atom is -0.378 e. The van der Waals surface area contributed by atoms with Gasteiger partial charge in [0.25, 0.3) is 0 Å². The third kappa shape index (κ3) is 2.20. The van der Waals surface area contributed by atoms with Crippen molar-refractivity contribution >= 4 is 5.91 Å². The molecule has 1 heterocycles. The first-order chi connectivity index (χ1) is 9.35. The molecular weight excluding hydrogens is 260 g/mol. The smallest absolute Gasteiger partial charge is 0.247 e. The lowest BCUT2D eigenvalue weighted by Gasteiger charge is -2.56. The monoisotopic (exact) mass is 282 g/mol. The Morgan fingerprint density at radius 1 is 1.60 bits per heavy atom. The number of hydrogen-bond donors (Lipinski definition) is 2. The summed E-state index contributed by atoms with van der Waals surface area (Å²) in [7, 11) is 1.56. The van der Waals surface area contributed by atoms with Crippen molar-refractivity contribution in [3.05, 3.63) is 11.7 Å². The first kappa shape index (κ1) is 14.9. The predicted molar refractivity (Wildman–Crippen MR) is 71.7 cm³/mol. The van der Waals surface area contributed by atoms with Crippen LogP contribution in [0.5, 0.6) is 0 Å². The van der Waals surface area contributed by atoms with Gasteiger partial charge >= 0.3 is 0 Å². The molecule has 0 radical (unpaired) electrons. The molecule has 20 heavy (non-hydrogen) atoms. The zero-order valence-electron chi connectivity index (χ0n) is 12.4. The molecule has 0 saturated heterocycles. The molecule has 1 aliphatic rings. The van der Waals surface area contributed by atoms with Crippen LogP contribution >= 0.6 is 0 Å². The van der Waals surface area contributed by atoms with E-state index in [4.69, 9.17) is 15.0 Å². The highest BCUT2D eigenvalue weighted by Gasteiger charge is 2.62. The van der Waals surface area contributed by atoms with Crippen molar-refractivity contribution in [1.82, 2.24) is 15.5 Å². The third-order valence-corrected chi connectivity index (χ3v) is 4.28. The first-order valence-electron chi connectivity index (χ1n) is 6.79. The zero-order valence-corrected chi connectivity index (χ0v) is 12.4. The molecule has 1 saturated carbocycles. The molecule has 2 unspecified atom stereocenters. The van der Waals surface area contributed by atoms with Crippen LogP contribution in [0, 0.1) is 5.41 Å². The van der Waals surface area contributed by atoms with E-state index >= 15 is 0 Å². The van der Waals surface area contributed by atoms with Gasteiger partial charge in [0.05, 0.1) is 12.5 Å². The Kier molecular flexibility index (Phi) is 3.84. The maximum atomic E-state index is 11.3. The second-order valence-electron chi connectivity index (χ2n) is 5.71. The van der Waals surface area contributed by atoms with Crippen LogP contribution in [0.25, 0.3) is 0 Å². The van der Waals surface area contributed by atoms with Crippen LogP contribution in [0.1, 0.15) is 38.9 Å². The van der Waals surface area contributed by atoms with Crippen molar-refractivity contribution in [3.8, 4) is 0 Å². The van der Waals surface area contributed by atoms with Crippen LogP contribution in [-0.4, -0.2) is 35.8 Å². The largest absolute Gasteiger partial charge is 0.378 e. The number of aromatic nitrogens is 2. The summed E-state index contributed by atoms with van der Waals surface area (Å²) in [4.78, 5) is 15.6. The molecule has 2 atom stereocenters. The number of nitrogens with zero attached hydrogens (tertiary/aromatic N) is 2. The maximum Gasteiger partial charge on any atom is 0.247 e. The first-order valence-corrected chi connectivity index (χ1v) is 6.79. The standard InChI is InChI=1S/C13H22N4O3/c1-5-19-8-7-13(14,12(8,2)3)11-16-9(17-20-11)6-10(18)15-4/h8H,5-7,14H2,1-4H3,(H,15,18). The van der Waals surface area contributed by atoms with Crippen molar-refractivity contribution in [2.45, 2.75) is 45.3 Å². The topological polar surface area (TPSA) is 103 Å². The number of rotatable bonds is 5. The average Bonchev–Trinajstić information content (AvgIpc) is 2.86. The average molecular weight is 282 g/mol. The molecule has 0 aromatic carbocycles. The second kappa shape index (κ2) is 5.14. The summed E-state index contributed by atoms with van der Waals surface area (Å²) < 4.78 is 10.9. The number of carbonyl (C=O) groups is 1. The lowest BCUT2D eigenvalue weighted by molar-refractivity contribution is -0.162. The number of nitrogens with two attached hydrogens (primary N) is 1. The van der Waals surface area contributed by atoms with Crippen LogP contribution in [0.4, 0.5) is 0 Å². The van der Waals surface area contributed by atoms with Gasteiger partial charge in [0.15, 0.2) is 5.82 Å². The Morgan fingerprint density at radius 2 is 2.30 bits per heavy atom. The van der Waals surface area contributed by atoms with E-state index in [2.05, 4.69) is 15.5 Å².